The fourth-order valence-corrected chi connectivity index (χ4v) is 5.39. The Kier molecular flexibility index (Phi) is 5.93. The van der Waals surface area contributed by atoms with E-state index in [4.69, 9.17) is 4.74 Å². The molecular weight excluding hydrogens is 414 g/mol. The minimum atomic E-state index is -3.66. The van der Waals surface area contributed by atoms with Crippen molar-refractivity contribution in [3.63, 3.8) is 0 Å². The number of carbonyl (C=O) groups excluding carboxylic acids is 1. The van der Waals surface area contributed by atoms with Gasteiger partial charge in [0.25, 0.3) is 0 Å². The molecule has 1 aliphatic rings. The molecule has 3 aromatic rings. The van der Waals surface area contributed by atoms with E-state index in [1.807, 2.05) is 36.4 Å². The first kappa shape index (κ1) is 21.3. The zero-order valence-corrected chi connectivity index (χ0v) is 18.4. The molecule has 4 rings (SSSR count). The number of nitrogens with zero attached hydrogens (tertiary/aromatic N) is 2. The van der Waals surface area contributed by atoms with Gasteiger partial charge in [0, 0.05) is 30.1 Å². The fourth-order valence-electron chi connectivity index (χ4n) is 3.70. The average molecular weight is 440 g/mol. The van der Waals surface area contributed by atoms with Gasteiger partial charge in [-0.2, -0.15) is 4.31 Å². The number of pyridine rings is 1. The topological polar surface area (TPSA) is 88.6 Å². The third kappa shape index (κ3) is 4.55. The largest absolute Gasteiger partial charge is 0.473 e. The van der Waals surface area contributed by atoms with Crippen LogP contribution in [0, 0.1) is 6.92 Å². The number of benzene rings is 2. The molecule has 0 radical (unpaired) electrons. The number of hydrogen-bond acceptors (Lipinski definition) is 5. The lowest BCUT2D eigenvalue weighted by molar-refractivity contribution is -0.115. The summed E-state index contributed by atoms with van der Waals surface area (Å²) in [4.78, 5) is 16.3. The lowest BCUT2D eigenvalue weighted by Gasteiger charge is -2.19. The standard InChI is InChI=1S/C23H25N3O4S/c1-3-22(27)24-18-9-10-21(16(2)14-18)31(28,29)26-13-12-19(15-26)30-23-11-8-17-6-4-5-7-20(17)25-23/h4-11,14,19H,3,12-13,15H2,1-2H3,(H,24,27). The number of amides is 1. The predicted octanol–water partition coefficient (Wildman–Crippen LogP) is 3.73. The van der Waals surface area contributed by atoms with E-state index in [2.05, 4.69) is 10.3 Å². The smallest absolute Gasteiger partial charge is 0.243 e. The molecule has 0 saturated carbocycles. The SMILES string of the molecule is CCC(=O)Nc1ccc(S(=O)(=O)N2CCC(Oc3ccc4ccccc4n3)C2)c(C)c1. The Bertz CT molecular complexity index is 1230. The fraction of sp³-hybridized carbons (Fsp3) is 0.304. The van der Waals surface area contributed by atoms with Crippen molar-refractivity contribution in [3.05, 3.63) is 60.2 Å². The monoisotopic (exact) mass is 439 g/mol. The Balaban J connectivity index is 1.46. The molecule has 0 bridgehead atoms. The minimum Gasteiger partial charge on any atom is -0.473 e. The van der Waals surface area contributed by atoms with E-state index < -0.39 is 10.0 Å². The van der Waals surface area contributed by atoms with E-state index >= 15 is 0 Å². The second-order valence-corrected chi connectivity index (χ2v) is 9.52. The van der Waals surface area contributed by atoms with Crippen LogP contribution in [0.25, 0.3) is 10.9 Å². The summed E-state index contributed by atoms with van der Waals surface area (Å²) in [5.41, 5.74) is 2.02. The minimum absolute atomic E-state index is 0.114. The van der Waals surface area contributed by atoms with E-state index in [0.29, 0.717) is 36.5 Å². The number of ether oxygens (including phenoxy) is 1. The Labute approximate surface area is 182 Å². The van der Waals surface area contributed by atoms with Crippen molar-refractivity contribution in [3.8, 4) is 5.88 Å². The summed E-state index contributed by atoms with van der Waals surface area (Å²) in [6.07, 6.45) is 0.699. The maximum atomic E-state index is 13.2. The normalized spacial score (nSPS) is 17.0. The van der Waals surface area contributed by atoms with E-state index in [9.17, 15) is 13.2 Å². The Morgan fingerprint density at radius 1 is 1.19 bits per heavy atom. The number of rotatable bonds is 6. The van der Waals surface area contributed by atoms with Crippen LogP contribution in [0.4, 0.5) is 5.69 Å². The summed E-state index contributed by atoms with van der Waals surface area (Å²) < 4.78 is 33.8. The summed E-state index contributed by atoms with van der Waals surface area (Å²) in [5, 5.41) is 3.78. The van der Waals surface area contributed by atoms with Gasteiger partial charge in [-0.1, -0.05) is 25.1 Å². The zero-order valence-electron chi connectivity index (χ0n) is 17.5. The van der Waals surface area contributed by atoms with Crippen molar-refractivity contribution in [2.75, 3.05) is 18.4 Å². The molecule has 7 nitrogen and oxygen atoms in total. The predicted molar refractivity (Wildman–Crippen MR) is 120 cm³/mol. The molecule has 31 heavy (non-hydrogen) atoms. The number of aromatic nitrogens is 1. The molecule has 1 aromatic heterocycles. The summed E-state index contributed by atoms with van der Waals surface area (Å²) in [6, 6.07) is 16.4. The first-order valence-corrected chi connectivity index (χ1v) is 11.7. The number of hydrogen-bond donors (Lipinski definition) is 1. The van der Waals surface area contributed by atoms with Crippen molar-refractivity contribution in [2.45, 2.75) is 37.7 Å². The molecule has 1 saturated heterocycles. The number of aryl methyl sites for hydroxylation is 1. The zero-order chi connectivity index (χ0) is 22.0. The highest BCUT2D eigenvalue weighted by Gasteiger charge is 2.34. The van der Waals surface area contributed by atoms with Gasteiger partial charge in [-0.3, -0.25) is 4.79 Å². The molecule has 1 amide bonds. The van der Waals surface area contributed by atoms with Crippen molar-refractivity contribution in [1.29, 1.82) is 0 Å². The maximum absolute atomic E-state index is 13.2. The van der Waals surface area contributed by atoms with Gasteiger partial charge in [-0.05, 0) is 49.2 Å². The molecule has 1 aliphatic heterocycles. The number of anilines is 1. The quantitative estimate of drug-likeness (QED) is 0.632. The molecule has 1 unspecified atom stereocenters. The molecule has 2 heterocycles. The highest BCUT2D eigenvalue weighted by Crippen LogP contribution is 2.27. The van der Waals surface area contributed by atoms with Gasteiger partial charge in [0.2, 0.25) is 21.8 Å². The van der Waals surface area contributed by atoms with Crippen LogP contribution >= 0.6 is 0 Å². The summed E-state index contributed by atoms with van der Waals surface area (Å²) in [5.74, 6) is 0.381. The number of para-hydroxylation sites is 1. The van der Waals surface area contributed by atoms with Crippen LogP contribution < -0.4 is 10.1 Å². The molecule has 1 atom stereocenters. The first-order chi connectivity index (χ1) is 14.9. The molecule has 162 valence electrons. The summed E-state index contributed by atoms with van der Waals surface area (Å²) in [7, 11) is -3.66. The second kappa shape index (κ2) is 8.64. The van der Waals surface area contributed by atoms with Gasteiger partial charge in [0.05, 0.1) is 17.0 Å². The van der Waals surface area contributed by atoms with Gasteiger partial charge in [-0.15, -0.1) is 0 Å². The lowest BCUT2D eigenvalue weighted by atomic mass is 10.2. The average Bonchev–Trinajstić information content (AvgIpc) is 3.23. The van der Waals surface area contributed by atoms with Crippen LogP contribution in [0.3, 0.4) is 0 Å². The molecule has 1 fully saturated rings. The highest BCUT2D eigenvalue weighted by molar-refractivity contribution is 7.89. The van der Waals surface area contributed by atoms with E-state index in [1.165, 1.54) is 4.31 Å². The van der Waals surface area contributed by atoms with E-state index in [-0.39, 0.29) is 23.5 Å². The Morgan fingerprint density at radius 3 is 2.77 bits per heavy atom. The number of fused-ring (bicyclic) bond motifs is 1. The van der Waals surface area contributed by atoms with E-state index in [1.54, 1.807) is 32.0 Å². The van der Waals surface area contributed by atoms with Crippen molar-refractivity contribution < 1.29 is 17.9 Å². The number of carbonyl (C=O) groups is 1. The molecule has 8 heteroatoms. The van der Waals surface area contributed by atoms with Gasteiger partial charge >= 0.3 is 0 Å². The summed E-state index contributed by atoms with van der Waals surface area (Å²) >= 11 is 0. The van der Waals surface area contributed by atoms with Gasteiger partial charge in [0.1, 0.15) is 6.10 Å². The van der Waals surface area contributed by atoms with Crippen LogP contribution in [0.5, 0.6) is 5.88 Å². The Hall–Kier alpha value is -2.97. The van der Waals surface area contributed by atoms with Crippen LogP contribution in [0.15, 0.2) is 59.5 Å². The highest BCUT2D eigenvalue weighted by atomic mass is 32.2. The van der Waals surface area contributed by atoms with E-state index in [0.717, 1.165) is 10.9 Å². The van der Waals surface area contributed by atoms with Gasteiger partial charge in [-0.25, -0.2) is 13.4 Å². The Morgan fingerprint density at radius 2 is 2.00 bits per heavy atom. The molecule has 1 N–H and O–H groups in total. The van der Waals surface area contributed by atoms with Gasteiger partial charge < -0.3 is 10.1 Å². The van der Waals surface area contributed by atoms with Crippen molar-refractivity contribution in [2.24, 2.45) is 0 Å². The van der Waals surface area contributed by atoms with Crippen molar-refractivity contribution in [1.82, 2.24) is 9.29 Å². The maximum Gasteiger partial charge on any atom is 0.243 e. The molecular formula is C23H25N3O4S. The van der Waals surface area contributed by atoms with Crippen LogP contribution in [-0.2, 0) is 14.8 Å². The number of nitrogens with one attached hydrogen (secondary N) is 1. The lowest BCUT2D eigenvalue weighted by Crippen LogP contribution is -2.31. The molecule has 0 spiro atoms. The van der Waals surface area contributed by atoms with Crippen molar-refractivity contribution >= 4 is 32.5 Å². The first-order valence-electron chi connectivity index (χ1n) is 10.3. The number of sulfonamides is 1. The van der Waals surface area contributed by atoms with Crippen LogP contribution in [-0.4, -0.2) is 42.8 Å². The molecule has 2 aromatic carbocycles. The third-order valence-corrected chi connectivity index (χ3v) is 7.39. The second-order valence-electron chi connectivity index (χ2n) is 7.62. The van der Waals surface area contributed by atoms with Gasteiger partial charge in [0.15, 0.2) is 0 Å². The third-order valence-electron chi connectivity index (χ3n) is 5.37. The molecule has 0 aliphatic carbocycles. The van der Waals surface area contributed by atoms with Crippen LogP contribution in [0.1, 0.15) is 25.3 Å². The van der Waals surface area contributed by atoms with Crippen LogP contribution in [0.2, 0.25) is 0 Å². The summed E-state index contributed by atoms with van der Waals surface area (Å²) in [6.45, 7) is 4.15.